The molecule has 1 aromatic heterocycles. The first-order chi connectivity index (χ1) is 7.63. The summed E-state index contributed by atoms with van der Waals surface area (Å²) >= 11 is 0. The van der Waals surface area contributed by atoms with Crippen LogP contribution in [-0.2, 0) is 23.1 Å². The SMILES string of the molecule is CCOC(=O)C(C)CNCc1ccn(C)n1. The molecule has 0 saturated carbocycles. The summed E-state index contributed by atoms with van der Waals surface area (Å²) in [5, 5.41) is 7.40. The van der Waals surface area contributed by atoms with Gasteiger partial charge < -0.3 is 10.1 Å². The second-order valence-corrected chi connectivity index (χ2v) is 3.76. The zero-order chi connectivity index (χ0) is 12.0. The van der Waals surface area contributed by atoms with Gasteiger partial charge >= 0.3 is 5.97 Å². The van der Waals surface area contributed by atoms with E-state index in [2.05, 4.69) is 10.4 Å². The predicted octanol–water partition coefficient (Wildman–Crippen LogP) is 0.709. The zero-order valence-corrected chi connectivity index (χ0v) is 10.1. The van der Waals surface area contributed by atoms with Crippen LogP contribution in [0.15, 0.2) is 12.3 Å². The van der Waals surface area contributed by atoms with Crippen molar-refractivity contribution in [3.05, 3.63) is 18.0 Å². The molecule has 0 aromatic carbocycles. The van der Waals surface area contributed by atoms with Crippen LogP contribution in [-0.4, -0.2) is 28.9 Å². The Balaban J connectivity index is 2.22. The molecule has 1 unspecified atom stereocenters. The molecule has 0 amide bonds. The Kier molecular flexibility index (Phi) is 4.98. The highest BCUT2D eigenvalue weighted by molar-refractivity contribution is 5.72. The fourth-order valence-electron chi connectivity index (χ4n) is 1.34. The molecular weight excluding hydrogens is 206 g/mol. The Morgan fingerprint density at radius 2 is 2.44 bits per heavy atom. The molecule has 16 heavy (non-hydrogen) atoms. The largest absolute Gasteiger partial charge is 0.466 e. The number of aryl methyl sites for hydroxylation is 1. The van der Waals surface area contributed by atoms with Crippen LogP contribution in [0.1, 0.15) is 19.5 Å². The van der Waals surface area contributed by atoms with Crippen LogP contribution in [0.3, 0.4) is 0 Å². The second kappa shape index (κ2) is 6.27. The van der Waals surface area contributed by atoms with Crippen molar-refractivity contribution in [3.8, 4) is 0 Å². The lowest BCUT2D eigenvalue weighted by Gasteiger charge is -2.10. The number of nitrogens with zero attached hydrogens (tertiary/aromatic N) is 2. The molecule has 0 aliphatic carbocycles. The number of hydrogen-bond acceptors (Lipinski definition) is 4. The van der Waals surface area contributed by atoms with Gasteiger partial charge in [0, 0.05) is 26.3 Å². The third-order valence-corrected chi connectivity index (χ3v) is 2.21. The third-order valence-electron chi connectivity index (χ3n) is 2.21. The molecule has 0 spiro atoms. The fourth-order valence-corrected chi connectivity index (χ4v) is 1.34. The predicted molar refractivity (Wildman–Crippen MR) is 60.7 cm³/mol. The Morgan fingerprint density at radius 1 is 1.69 bits per heavy atom. The van der Waals surface area contributed by atoms with Crippen LogP contribution in [0.4, 0.5) is 0 Å². The number of rotatable bonds is 6. The monoisotopic (exact) mass is 225 g/mol. The molecule has 5 heteroatoms. The highest BCUT2D eigenvalue weighted by Crippen LogP contribution is 1.98. The van der Waals surface area contributed by atoms with Crippen LogP contribution >= 0.6 is 0 Å². The molecule has 90 valence electrons. The van der Waals surface area contributed by atoms with Crippen LogP contribution in [0.5, 0.6) is 0 Å². The van der Waals surface area contributed by atoms with E-state index in [-0.39, 0.29) is 11.9 Å². The maximum Gasteiger partial charge on any atom is 0.309 e. The molecule has 1 N–H and O–H groups in total. The number of ether oxygens (including phenoxy) is 1. The van der Waals surface area contributed by atoms with Gasteiger partial charge in [-0.05, 0) is 13.0 Å². The first-order valence-electron chi connectivity index (χ1n) is 5.49. The van der Waals surface area contributed by atoms with Crippen molar-refractivity contribution in [1.82, 2.24) is 15.1 Å². The Bertz CT molecular complexity index is 336. The standard InChI is InChI=1S/C11H19N3O2/c1-4-16-11(15)9(2)7-12-8-10-5-6-14(3)13-10/h5-6,9,12H,4,7-8H2,1-3H3. The van der Waals surface area contributed by atoms with E-state index in [1.54, 1.807) is 4.68 Å². The summed E-state index contributed by atoms with van der Waals surface area (Å²) in [5.74, 6) is -0.278. The summed E-state index contributed by atoms with van der Waals surface area (Å²) in [4.78, 5) is 11.3. The Hall–Kier alpha value is -1.36. The minimum absolute atomic E-state index is 0.122. The lowest BCUT2D eigenvalue weighted by molar-refractivity contribution is -0.147. The van der Waals surface area contributed by atoms with E-state index >= 15 is 0 Å². The fraction of sp³-hybridized carbons (Fsp3) is 0.636. The van der Waals surface area contributed by atoms with Crippen molar-refractivity contribution in [3.63, 3.8) is 0 Å². The summed E-state index contributed by atoms with van der Waals surface area (Å²) < 4.78 is 6.67. The van der Waals surface area contributed by atoms with Crippen LogP contribution < -0.4 is 5.32 Å². The summed E-state index contributed by atoms with van der Waals surface area (Å²) in [5.41, 5.74) is 0.971. The minimum atomic E-state index is -0.156. The minimum Gasteiger partial charge on any atom is -0.466 e. The van der Waals surface area contributed by atoms with Crippen molar-refractivity contribution >= 4 is 5.97 Å². The van der Waals surface area contributed by atoms with E-state index in [9.17, 15) is 4.79 Å². The molecule has 0 aliphatic rings. The Labute approximate surface area is 95.8 Å². The normalized spacial score (nSPS) is 12.4. The third kappa shape index (κ3) is 4.02. The Morgan fingerprint density at radius 3 is 3.00 bits per heavy atom. The molecule has 0 fully saturated rings. The maximum atomic E-state index is 11.3. The van der Waals surface area contributed by atoms with Crippen LogP contribution in [0, 0.1) is 5.92 Å². The molecule has 5 nitrogen and oxygen atoms in total. The van der Waals surface area contributed by atoms with Gasteiger partial charge in [0.1, 0.15) is 0 Å². The zero-order valence-electron chi connectivity index (χ0n) is 10.1. The van der Waals surface area contributed by atoms with E-state index in [4.69, 9.17) is 4.74 Å². The highest BCUT2D eigenvalue weighted by Gasteiger charge is 2.12. The van der Waals surface area contributed by atoms with E-state index in [1.807, 2.05) is 33.2 Å². The van der Waals surface area contributed by atoms with Gasteiger partial charge in [0.15, 0.2) is 0 Å². The molecule has 1 heterocycles. The number of carbonyl (C=O) groups excluding carboxylic acids is 1. The van der Waals surface area contributed by atoms with Crippen molar-refractivity contribution in [2.45, 2.75) is 20.4 Å². The van der Waals surface area contributed by atoms with E-state index in [0.717, 1.165) is 5.69 Å². The lowest BCUT2D eigenvalue weighted by Crippen LogP contribution is -2.27. The molecule has 1 rings (SSSR count). The number of nitrogens with one attached hydrogen (secondary N) is 1. The molecule has 0 aliphatic heterocycles. The molecule has 0 bridgehead atoms. The van der Waals surface area contributed by atoms with Gasteiger partial charge in [0.05, 0.1) is 18.2 Å². The van der Waals surface area contributed by atoms with Crippen molar-refractivity contribution < 1.29 is 9.53 Å². The average Bonchev–Trinajstić information content (AvgIpc) is 2.64. The van der Waals surface area contributed by atoms with Crippen molar-refractivity contribution in [2.24, 2.45) is 13.0 Å². The van der Waals surface area contributed by atoms with E-state index in [0.29, 0.717) is 19.7 Å². The smallest absolute Gasteiger partial charge is 0.309 e. The molecule has 1 aromatic rings. The van der Waals surface area contributed by atoms with Gasteiger partial charge in [-0.3, -0.25) is 9.48 Å². The maximum absolute atomic E-state index is 11.3. The number of carbonyl (C=O) groups is 1. The molecule has 1 atom stereocenters. The summed E-state index contributed by atoms with van der Waals surface area (Å²) in [6.07, 6.45) is 1.89. The topological polar surface area (TPSA) is 56.1 Å². The first-order valence-corrected chi connectivity index (χ1v) is 5.49. The van der Waals surface area contributed by atoms with Gasteiger partial charge in [-0.1, -0.05) is 6.92 Å². The molecular formula is C11H19N3O2. The van der Waals surface area contributed by atoms with Crippen LogP contribution in [0.25, 0.3) is 0 Å². The number of hydrogen-bond donors (Lipinski definition) is 1. The second-order valence-electron chi connectivity index (χ2n) is 3.76. The van der Waals surface area contributed by atoms with Gasteiger partial charge in [-0.2, -0.15) is 5.10 Å². The van der Waals surface area contributed by atoms with Gasteiger partial charge in [-0.25, -0.2) is 0 Å². The summed E-state index contributed by atoms with van der Waals surface area (Å²) in [6.45, 7) is 5.37. The van der Waals surface area contributed by atoms with Crippen molar-refractivity contribution in [1.29, 1.82) is 0 Å². The molecule has 0 radical (unpaired) electrons. The average molecular weight is 225 g/mol. The van der Waals surface area contributed by atoms with Gasteiger partial charge in [-0.15, -0.1) is 0 Å². The van der Waals surface area contributed by atoms with E-state index in [1.165, 1.54) is 0 Å². The lowest BCUT2D eigenvalue weighted by atomic mass is 10.2. The van der Waals surface area contributed by atoms with Gasteiger partial charge in [0.2, 0.25) is 0 Å². The van der Waals surface area contributed by atoms with Gasteiger partial charge in [0.25, 0.3) is 0 Å². The number of aromatic nitrogens is 2. The van der Waals surface area contributed by atoms with E-state index < -0.39 is 0 Å². The summed E-state index contributed by atoms with van der Waals surface area (Å²) in [6, 6.07) is 1.95. The molecule has 0 saturated heterocycles. The highest BCUT2D eigenvalue weighted by atomic mass is 16.5. The van der Waals surface area contributed by atoms with Crippen molar-refractivity contribution in [2.75, 3.05) is 13.2 Å². The van der Waals surface area contributed by atoms with Crippen LogP contribution in [0.2, 0.25) is 0 Å². The quantitative estimate of drug-likeness (QED) is 0.724. The first kappa shape index (κ1) is 12.7. The number of esters is 1. The summed E-state index contributed by atoms with van der Waals surface area (Å²) in [7, 11) is 1.88.